The molecule has 0 unspecified atom stereocenters. The number of nitrogens with zero attached hydrogens (tertiary/aromatic N) is 1. The number of rotatable bonds is 5. The lowest BCUT2D eigenvalue weighted by Gasteiger charge is -2.43. The Hall–Kier alpha value is -3.68. The molecule has 0 bridgehead atoms. The van der Waals surface area contributed by atoms with E-state index < -0.39 is 16.9 Å². The predicted octanol–water partition coefficient (Wildman–Crippen LogP) is 5.45. The standard InChI is InChI=1S/C32H30ClN3O4/c1-3-14-40-21-9-6-8-19(16-21)28(37)26-25-12-7-13-36(25)32(23-17-20(33)15-18(2)27(23)35-30(32)39)31(26)22-10-4-5-11-24(22)34-29(31)38/h4-6,8-11,15-17,25-26H,3,7,12-14H2,1-2H3,(H,34,38)(H,35,39)/t25-,26-,31-,32+/m0/s1. The molecule has 4 aliphatic heterocycles. The van der Waals surface area contributed by atoms with Gasteiger partial charge in [0.1, 0.15) is 16.7 Å². The Balaban J connectivity index is 1.53. The Bertz CT molecular complexity index is 1600. The molecule has 0 saturated carbocycles. The molecule has 3 aromatic carbocycles. The number of amides is 2. The van der Waals surface area contributed by atoms with Crippen LogP contribution in [0.4, 0.5) is 11.4 Å². The summed E-state index contributed by atoms with van der Waals surface area (Å²) in [5, 5.41) is 6.68. The van der Waals surface area contributed by atoms with E-state index in [0.29, 0.717) is 58.4 Å². The van der Waals surface area contributed by atoms with Gasteiger partial charge in [0, 0.05) is 33.6 Å². The Morgan fingerprint density at radius 2 is 1.88 bits per heavy atom. The third-order valence-corrected chi connectivity index (χ3v) is 9.46. The number of aryl methyl sites for hydroxylation is 1. The van der Waals surface area contributed by atoms with Crippen molar-refractivity contribution in [3.05, 3.63) is 87.9 Å². The van der Waals surface area contributed by atoms with Crippen LogP contribution in [0, 0.1) is 12.8 Å². The fourth-order valence-electron chi connectivity index (χ4n) is 7.95. The quantitative estimate of drug-likeness (QED) is 0.409. The topological polar surface area (TPSA) is 87.7 Å². The third kappa shape index (κ3) is 3.02. The fraction of sp³-hybridized carbons (Fsp3) is 0.344. The normalized spacial score (nSPS) is 28.0. The minimum atomic E-state index is -1.50. The molecular formula is C32H30ClN3O4. The highest BCUT2D eigenvalue weighted by atomic mass is 35.5. The van der Waals surface area contributed by atoms with Crippen LogP contribution in [0.3, 0.4) is 0 Å². The van der Waals surface area contributed by atoms with Crippen molar-refractivity contribution in [1.29, 1.82) is 0 Å². The van der Waals surface area contributed by atoms with Gasteiger partial charge in [-0.15, -0.1) is 0 Å². The van der Waals surface area contributed by atoms with Gasteiger partial charge in [-0.25, -0.2) is 0 Å². The zero-order valence-corrected chi connectivity index (χ0v) is 23.2. The second-order valence-electron chi connectivity index (χ2n) is 11.2. The van der Waals surface area contributed by atoms with Crippen LogP contribution >= 0.6 is 11.6 Å². The molecule has 2 saturated heterocycles. The highest BCUT2D eigenvalue weighted by Gasteiger charge is 2.81. The molecule has 204 valence electrons. The zero-order valence-electron chi connectivity index (χ0n) is 22.4. The number of halogens is 1. The van der Waals surface area contributed by atoms with Crippen LogP contribution in [-0.2, 0) is 20.5 Å². The Kier molecular flexibility index (Phi) is 5.64. The van der Waals surface area contributed by atoms with E-state index in [2.05, 4.69) is 15.5 Å². The molecule has 4 aliphatic rings. The van der Waals surface area contributed by atoms with Gasteiger partial charge >= 0.3 is 0 Å². The molecule has 0 aliphatic carbocycles. The number of benzene rings is 3. The lowest BCUT2D eigenvalue weighted by molar-refractivity contribution is -0.137. The summed E-state index contributed by atoms with van der Waals surface area (Å²) in [5.74, 6) is -0.985. The number of Topliss-reactive ketones (excluding diaryl/α,β-unsaturated/α-hetero) is 1. The van der Waals surface area contributed by atoms with Crippen LogP contribution < -0.4 is 15.4 Å². The fourth-order valence-corrected chi connectivity index (χ4v) is 8.22. The first-order valence-corrected chi connectivity index (χ1v) is 14.3. The second kappa shape index (κ2) is 8.91. The monoisotopic (exact) mass is 555 g/mol. The van der Waals surface area contributed by atoms with Crippen molar-refractivity contribution < 1.29 is 19.1 Å². The van der Waals surface area contributed by atoms with Gasteiger partial charge in [-0.1, -0.05) is 48.9 Å². The maximum absolute atomic E-state index is 14.8. The van der Waals surface area contributed by atoms with Gasteiger partial charge in [0.25, 0.3) is 5.91 Å². The maximum atomic E-state index is 14.8. The molecule has 0 aromatic heterocycles. The van der Waals surface area contributed by atoms with Crippen molar-refractivity contribution in [3.63, 3.8) is 0 Å². The molecule has 4 atom stereocenters. The van der Waals surface area contributed by atoms with Crippen LogP contribution in [0.5, 0.6) is 5.75 Å². The molecular weight excluding hydrogens is 526 g/mol. The van der Waals surface area contributed by atoms with Gasteiger partial charge in [-0.2, -0.15) is 0 Å². The largest absolute Gasteiger partial charge is 0.494 e. The summed E-state index contributed by atoms with van der Waals surface area (Å²) in [6.45, 7) is 5.06. The summed E-state index contributed by atoms with van der Waals surface area (Å²) < 4.78 is 5.85. The van der Waals surface area contributed by atoms with Crippen molar-refractivity contribution in [2.24, 2.45) is 5.92 Å². The van der Waals surface area contributed by atoms with Crippen LogP contribution in [0.25, 0.3) is 0 Å². The van der Waals surface area contributed by atoms with Crippen LogP contribution in [0.1, 0.15) is 53.2 Å². The number of carbonyl (C=O) groups is 3. The van der Waals surface area contributed by atoms with E-state index in [1.54, 1.807) is 18.2 Å². The first-order chi connectivity index (χ1) is 19.3. The number of carbonyl (C=O) groups excluding carboxylic acids is 3. The SMILES string of the molecule is CCCOc1cccc(C(=O)[C@@H]2[C@@H]3CCCN3[C@]3(C(=O)Nc4c(C)cc(Cl)cc43)[C@]23C(=O)Nc2ccccc23)c1. The van der Waals surface area contributed by atoms with E-state index >= 15 is 0 Å². The third-order valence-electron chi connectivity index (χ3n) is 9.24. The molecule has 40 heavy (non-hydrogen) atoms. The molecule has 2 N–H and O–H groups in total. The lowest BCUT2D eigenvalue weighted by Crippen LogP contribution is -2.62. The number of fused-ring (bicyclic) bond motifs is 7. The summed E-state index contributed by atoms with van der Waals surface area (Å²) in [6.07, 6.45) is 2.36. The molecule has 4 heterocycles. The summed E-state index contributed by atoms with van der Waals surface area (Å²) in [5.41, 5.74) is 0.986. The van der Waals surface area contributed by atoms with Crippen molar-refractivity contribution in [2.75, 3.05) is 23.8 Å². The number of anilines is 2. The zero-order chi connectivity index (χ0) is 27.8. The number of para-hydroxylation sites is 1. The second-order valence-corrected chi connectivity index (χ2v) is 11.7. The highest BCUT2D eigenvalue weighted by molar-refractivity contribution is 6.31. The minimum Gasteiger partial charge on any atom is -0.494 e. The van der Waals surface area contributed by atoms with E-state index in [1.807, 2.05) is 56.3 Å². The molecule has 8 heteroatoms. The molecule has 2 spiro atoms. The van der Waals surface area contributed by atoms with Crippen molar-refractivity contribution >= 4 is 40.6 Å². The summed E-state index contributed by atoms with van der Waals surface area (Å²) in [4.78, 5) is 46.1. The minimum absolute atomic E-state index is 0.164. The molecule has 7 nitrogen and oxygen atoms in total. The molecule has 3 aromatic rings. The van der Waals surface area contributed by atoms with E-state index in [-0.39, 0.29) is 23.6 Å². The average molecular weight is 556 g/mol. The van der Waals surface area contributed by atoms with Gasteiger partial charge in [-0.05, 0) is 74.2 Å². The molecule has 2 amide bonds. The number of hydrogen-bond donors (Lipinski definition) is 2. The van der Waals surface area contributed by atoms with E-state index in [0.717, 1.165) is 18.4 Å². The van der Waals surface area contributed by atoms with Crippen LogP contribution in [0.15, 0.2) is 60.7 Å². The van der Waals surface area contributed by atoms with Crippen molar-refractivity contribution in [3.8, 4) is 5.75 Å². The number of nitrogens with one attached hydrogen (secondary N) is 2. The number of ether oxygens (including phenoxy) is 1. The summed E-state index contributed by atoms with van der Waals surface area (Å²) in [7, 11) is 0. The van der Waals surface area contributed by atoms with Gasteiger partial charge in [-0.3, -0.25) is 19.3 Å². The van der Waals surface area contributed by atoms with Crippen molar-refractivity contribution in [2.45, 2.75) is 50.1 Å². The van der Waals surface area contributed by atoms with Crippen LogP contribution in [-0.4, -0.2) is 41.7 Å². The van der Waals surface area contributed by atoms with Crippen molar-refractivity contribution in [1.82, 2.24) is 4.90 Å². The van der Waals surface area contributed by atoms with E-state index in [9.17, 15) is 14.4 Å². The predicted molar refractivity (Wildman–Crippen MR) is 153 cm³/mol. The average Bonchev–Trinajstić information content (AvgIpc) is 3.66. The number of ketones is 1. The van der Waals surface area contributed by atoms with E-state index in [1.165, 1.54) is 0 Å². The number of hydrogen-bond acceptors (Lipinski definition) is 5. The Morgan fingerprint density at radius 1 is 1.05 bits per heavy atom. The Labute approximate surface area is 237 Å². The summed E-state index contributed by atoms with van der Waals surface area (Å²) in [6, 6.07) is 18.0. The van der Waals surface area contributed by atoms with Gasteiger partial charge in [0.2, 0.25) is 5.91 Å². The molecule has 2 fully saturated rings. The summed E-state index contributed by atoms with van der Waals surface area (Å²) >= 11 is 6.63. The van der Waals surface area contributed by atoms with Crippen LogP contribution in [0.2, 0.25) is 5.02 Å². The highest BCUT2D eigenvalue weighted by Crippen LogP contribution is 2.68. The van der Waals surface area contributed by atoms with Gasteiger partial charge < -0.3 is 15.4 Å². The molecule has 7 rings (SSSR count). The van der Waals surface area contributed by atoms with E-state index in [4.69, 9.17) is 16.3 Å². The maximum Gasteiger partial charge on any atom is 0.251 e. The first kappa shape index (κ1) is 25.3. The van der Waals surface area contributed by atoms with Gasteiger partial charge in [0.05, 0.1) is 12.5 Å². The first-order valence-electron chi connectivity index (χ1n) is 13.9. The smallest absolute Gasteiger partial charge is 0.251 e. The molecule has 0 radical (unpaired) electrons. The lowest BCUT2D eigenvalue weighted by atomic mass is 9.57. The van der Waals surface area contributed by atoms with Gasteiger partial charge in [0.15, 0.2) is 5.78 Å². The Morgan fingerprint density at radius 3 is 2.70 bits per heavy atom.